The van der Waals surface area contributed by atoms with Crippen molar-refractivity contribution in [3.63, 3.8) is 0 Å². The number of hydrogen-bond acceptors (Lipinski definition) is 1. The number of amidine groups is 1. The Hall–Kier alpha value is -0.580. The van der Waals surface area contributed by atoms with Gasteiger partial charge in [-0.3, -0.25) is 0 Å². The summed E-state index contributed by atoms with van der Waals surface area (Å²) in [6.07, 6.45) is 0. The van der Waals surface area contributed by atoms with Gasteiger partial charge in [0.15, 0.2) is 0 Å². The van der Waals surface area contributed by atoms with E-state index in [9.17, 15) is 0 Å². The zero-order chi connectivity index (χ0) is 7.40. The molecule has 2 nitrogen and oxygen atoms in total. The molecule has 0 aliphatic carbocycles. The summed E-state index contributed by atoms with van der Waals surface area (Å²) in [4.78, 5) is 0. The third kappa shape index (κ3) is 1.70. The Labute approximate surface area is 73.6 Å². The lowest BCUT2D eigenvalue weighted by Crippen LogP contribution is -2.11. The minimum Gasteiger partial charge on any atom is -0.383 e. The van der Waals surface area contributed by atoms with E-state index in [1.165, 1.54) is 0 Å². The van der Waals surface area contributed by atoms with E-state index in [4.69, 9.17) is 5.73 Å². The van der Waals surface area contributed by atoms with Crippen LogP contribution in [-0.2, 0) is 0 Å². The highest BCUT2D eigenvalue weighted by Crippen LogP contribution is 1.98. The molecule has 0 radical (unpaired) electrons. The van der Waals surface area contributed by atoms with Crippen molar-refractivity contribution in [1.82, 2.24) is 0 Å². The average Bonchev–Trinajstić information content (AvgIpc) is 2.05. The summed E-state index contributed by atoms with van der Waals surface area (Å²) in [7, 11) is 0. The molecule has 1 aromatic rings. The Bertz CT molecular complexity index is 231. The highest BCUT2D eigenvalue weighted by molar-refractivity contribution is 14.1. The summed E-state index contributed by atoms with van der Waals surface area (Å²) in [5, 5.41) is 0. The van der Waals surface area contributed by atoms with E-state index in [1.807, 2.05) is 53.2 Å². The van der Waals surface area contributed by atoms with Gasteiger partial charge < -0.3 is 5.73 Å². The molecule has 0 spiro atoms. The third-order valence-electron chi connectivity index (χ3n) is 1.16. The van der Waals surface area contributed by atoms with E-state index in [-0.39, 0.29) is 0 Å². The molecule has 1 rings (SSSR count). The lowest BCUT2D eigenvalue weighted by molar-refractivity contribution is 1.58. The summed E-state index contributed by atoms with van der Waals surface area (Å²) in [5.74, 6) is 0.571. The first-order valence-corrected chi connectivity index (χ1v) is 3.81. The van der Waals surface area contributed by atoms with Crippen LogP contribution in [0.2, 0.25) is 0 Å². The second kappa shape index (κ2) is 3.55. The molecule has 10 heavy (non-hydrogen) atoms. The summed E-state index contributed by atoms with van der Waals surface area (Å²) in [6.45, 7) is 0. The van der Waals surface area contributed by atoms with Gasteiger partial charge in [-0.2, -0.15) is 3.21 Å². The second-order valence-corrected chi connectivity index (χ2v) is 2.32. The standard InChI is InChI=1S/C7H7IN2/c8-10-7(9)6-4-2-1-3-5-6/h1-5H,(H2,9,10). The Kier molecular flexibility index (Phi) is 2.68. The fourth-order valence-electron chi connectivity index (χ4n) is 0.658. The summed E-state index contributed by atoms with van der Waals surface area (Å²) in [5.41, 5.74) is 6.51. The molecule has 0 bridgehead atoms. The van der Waals surface area contributed by atoms with Crippen molar-refractivity contribution in [1.29, 1.82) is 0 Å². The van der Waals surface area contributed by atoms with Crippen molar-refractivity contribution in [2.24, 2.45) is 8.94 Å². The highest BCUT2D eigenvalue weighted by Gasteiger charge is 1.92. The van der Waals surface area contributed by atoms with Gasteiger partial charge >= 0.3 is 0 Å². The van der Waals surface area contributed by atoms with Crippen molar-refractivity contribution < 1.29 is 0 Å². The van der Waals surface area contributed by atoms with Crippen molar-refractivity contribution in [3.8, 4) is 0 Å². The van der Waals surface area contributed by atoms with Gasteiger partial charge in [0, 0.05) is 5.56 Å². The van der Waals surface area contributed by atoms with Crippen molar-refractivity contribution in [2.75, 3.05) is 0 Å². The number of rotatable bonds is 1. The van der Waals surface area contributed by atoms with E-state index in [2.05, 4.69) is 3.21 Å². The van der Waals surface area contributed by atoms with Gasteiger partial charge in [0.25, 0.3) is 0 Å². The third-order valence-corrected chi connectivity index (χ3v) is 1.68. The van der Waals surface area contributed by atoms with Crippen LogP contribution < -0.4 is 5.73 Å². The maximum absolute atomic E-state index is 5.54. The predicted molar refractivity (Wildman–Crippen MR) is 51.2 cm³/mol. The maximum atomic E-state index is 5.54. The summed E-state index contributed by atoms with van der Waals surface area (Å²) in [6, 6.07) is 9.67. The topological polar surface area (TPSA) is 38.4 Å². The van der Waals surface area contributed by atoms with Gasteiger partial charge in [0.05, 0.1) is 22.9 Å². The van der Waals surface area contributed by atoms with Gasteiger partial charge in [0.1, 0.15) is 5.84 Å². The monoisotopic (exact) mass is 246 g/mol. The number of nitrogens with zero attached hydrogens (tertiary/aromatic N) is 1. The Morgan fingerprint density at radius 2 is 1.90 bits per heavy atom. The summed E-state index contributed by atoms with van der Waals surface area (Å²) < 4.78 is 3.82. The highest BCUT2D eigenvalue weighted by atomic mass is 127. The van der Waals surface area contributed by atoms with E-state index in [1.54, 1.807) is 0 Å². The van der Waals surface area contributed by atoms with Crippen LogP contribution in [0.4, 0.5) is 0 Å². The molecule has 0 saturated carbocycles. The number of benzene rings is 1. The molecule has 0 aliphatic rings. The van der Waals surface area contributed by atoms with Crippen LogP contribution in [0.15, 0.2) is 33.5 Å². The summed E-state index contributed by atoms with van der Waals surface area (Å²) >= 11 is 1.88. The minimum atomic E-state index is 0.571. The Morgan fingerprint density at radius 1 is 1.30 bits per heavy atom. The van der Waals surface area contributed by atoms with Gasteiger partial charge in [-0.1, -0.05) is 30.3 Å². The molecular formula is C7H7IN2. The molecule has 0 fully saturated rings. The molecule has 0 amide bonds. The lowest BCUT2D eigenvalue weighted by atomic mass is 10.2. The van der Waals surface area contributed by atoms with Gasteiger partial charge in [-0.25, -0.2) is 0 Å². The maximum Gasteiger partial charge on any atom is 0.137 e. The molecule has 0 aliphatic heterocycles. The minimum absolute atomic E-state index is 0.571. The van der Waals surface area contributed by atoms with Crippen LogP contribution in [0.3, 0.4) is 0 Å². The van der Waals surface area contributed by atoms with Crippen LogP contribution in [0.1, 0.15) is 5.56 Å². The predicted octanol–water partition coefficient (Wildman–Crippen LogP) is 1.74. The van der Waals surface area contributed by atoms with Crippen LogP contribution in [0.5, 0.6) is 0 Å². The number of hydrogen-bond donors (Lipinski definition) is 1. The molecular weight excluding hydrogens is 239 g/mol. The molecule has 1 aromatic carbocycles. The molecule has 3 heteroatoms. The SMILES string of the molecule is N/C(=N/I)c1ccccc1. The van der Waals surface area contributed by atoms with Gasteiger partial charge in [0.2, 0.25) is 0 Å². The zero-order valence-electron chi connectivity index (χ0n) is 5.29. The fourth-order valence-corrected chi connectivity index (χ4v) is 0.936. The molecule has 0 heterocycles. The fraction of sp³-hybridized carbons (Fsp3) is 0. The first-order valence-electron chi connectivity index (χ1n) is 2.84. The van der Waals surface area contributed by atoms with Crippen LogP contribution in [0.25, 0.3) is 0 Å². The smallest absolute Gasteiger partial charge is 0.137 e. The van der Waals surface area contributed by atoms with Crippen LogP contribution >= 0.6 is 22.9 Å². The van der Waals surface area contributed by atoms with Crippen LogP contribution in [-0.4, -0.2) is 5.84 Å². The largest absolute Gasteiger partial charge is 0.383 e. The molecule has 52 valence electrons. The number of halogens is 1. The van der Waals surface area contributed by atoms with Crippen LogP contribution in [0, 0.1) is 0 Å². The number of nitrogens with two attached hydrogens (primary N) is 1. The Morgan fingerprint density at radius 3 is 2.40 bits per heavy atom. The van der Waals surface area contributed by atoms with Gasteiger partial charge in [-0.05, 0) is 0 Å². The van der Waals surface area contributed by atoms with Gasteiger partial charge in [-0.15, -0.1) is 0 Å². The first-order chi connectivity index (χ1) is 4.84. The second-order valence-electron chi connectivity index (χ2n) is 1.84. The quantitative estimate of drug-likeness (QED) is 0.457. The zero-order valence-corrected chi connectivity index (χ0v) is 7.45. The van der Waals surface area contributed by atoms with E-state index < -0.39 is 0 Å². The first kappa shape index (κ1) is 7.53. The average molecular weight is 246 g/mol. The van der Waals surface area contributed by atoms with E-state index >= 15 is 0 Å². The van der Waals surface area contributed by atoms with Crippen molar-refractivity contribution in [3.05, 3.63) is 35.9 Å². The Balaban J connectivity index is 2.96. The van der Waals surface area contributed by atoms with E-state index in [0.717, 1.165) is 5.56 Å². The molecule has 0 saturated heterocycles. The van der Waals surface area contributed by atoms with Crippen molar-refractivity contribution in [2.45, 2.75) is 0 Å². The van der Waals surface area contributed by atoms with E-state index in [0.29, 0.717) is 5.84 Å². The molecule has 0 unspecified atom stereocenters. The molecule has 2 N–H and O–H groups in total. The lowest BCUT2D eigenvalue weighted by Gasteiger charge is -1.94. The van der Waals surface area contributed by atoms with Crippen molar-refractivity contribution >= 4 is 28.7 Å². The molecule has 0 aromatic heterocycles. The molecule has 0 atom stereocenters. The normalized spacial score (nSPS) is 11.5.